The fourth-order valence-corrected chi connectivity index (χ4v) is 1.77. The smallest absolute Gasteiger partial charge is 0.255 e. The Hall–Kier alpha value is -2.34. The molecule has 0 aliphatic carbocycles. The quantitative estimate of drug-likeness (QED) is 0.855. The maximum absolute atomic E-state index is 13.0. The van der Waals surface area contributed by atoms with Gasteiger partial charge in [-0.1, -0.05) is 24.4 Å². The Bertz CT molecular complexity index is 668. The molecule has 0 saturated heterocycles. The number of thiocarbonyl (C=S) groups is 1. The normalized spacial score (nSPS) is 10.1. The Morgan fingerprint density at radius 3 is 2.25 bits per heavy atom. The second-order valence-corrected chi connectivity index (χ2v) is 4.50. The third kappa shape index (κ3) is 3.36. The van der Waals surface area contributed by atoms with Gasteiger partial charge in [0.25, 0.3) is 5.91 Å². The van der Waals surface area contributed by atoms with E-state index in [1.165, 1.54) is 6.07 Å². The molecule has 6 heteroatoms. The summed E-state index contributed by atoms with van der Waals surface area (Å²) in [5, 5.41) is 2.40. The summed E-state index contributed by atoms with van der Waals surface area (Å²) in [6.07, 6.45) is 0. The largest absolute Gasteiger partial charge is 0.389 e. The number of hydrogen-bond acceptors (Lipinski definition) is 2. The fraction of sp³-hybridized carbons (Fsp3) is 0. The summed E-state index contributed by atoms with van der Waals surface area (Å²) in [6, 6.07) is 9.12. The summed E-state index contributed by atoms with van der Waals surface area (Å²) < 4.78 is 26.1. The first kappa shape index (κ1) is 14.1. The summed E-state index contributed by atoms with van der Waals surface area (Å²) in [4.78, 5) is 12.1. The van der Waals surface area contributed by atoms with E-state index >= 15 is 0 Å². The summed E-state index contributed by atoms with van der Waals surface area (Å²) in [5.74, 6) is -2.04. The van der Waals surface area contributed by atoms with Gasteiger partial charge in [0, 0.05) is 22.9 Å². The molecule has 2 aromatic rings. The molecule has 3 N–H and O–H groups in total. The molecule has 102 valence electrons. The van der Waals surface area contributed by atoms with Crippen LogP contribution in [0, 0.1) is 11.6 Å². The van der Waals surface area contributed by atoms with Crippen LogP contribution in [0.1, 0.15) is 15.9 Å². The molecule has 3 nitrogen and oxygen atoms in total. The molecule has 0 spiro atoms. The lowest BCUT2D eigenvalue weighted by molar-refractivity contribution is 0.102. The van der Waals surface area contributed by atoms with E-state index in [1.807, 2.05) is 0 Å². The minimum absolute atomic E-state index is 0.0354. The molecule has 0 atom stereocenters. The van der Waals surface area contributed by atoms with Gasteiger partial charge in [-0.3, -0.25) is 4.79 Å². The van der Waals surface area contributed by atoms with Gasteiger partial charge in [-0.05, 0) is 24.3 Å². The summed E-state index contributed by atoms with van der Waals surface area (Å²) >= 11 is 4.82. The van der Waals surface area contributed by atoms with Crippen LogP contribution in [0.25, 0.3) is 0 Å². The van der Waals surface area contributed by atoms with Crippen LogP contribution in [-0.2, 0) is 0 Å². The molecule has 20 heavy (non-hydrogen) atoms. The molecule has 0 fully saturated rings. The molecule has 1 amide bonds. The first-order chi connectivity index (χ1) is 9.45. The van der Waals surface area contributed by atoms with Crippen molar-refractivity contribution in [2.75, 3.05) is 5.32 Å². The minimum atomic E-state index is -0.766. The summed E-state index contributed by atoms with van der Waals surface area (Å²) in [5.41, 5.74) is 6.34. The van der Waals surface area contributed by atoms with Gasteiger partial charge < -0.3 is 11.1 Å². The van der Waals surface area contributed by atoms with Gasteiger partial charge in [-0.2, -0.15) is 0 Å². The molecular formula is C14H10F2N2OS. The highest BCUT2D eigenvalue weighted by Gasteiger charge is 2.09. The average Bonchev–Trinajstić information content (AvgIpc) is 2.37. The average molecular weight is 292 g/mol. The van der Waals surface area contributed by atoms with Crippen molar-refractivity contribution >= 4 is 28.8 Å². The van der Waals surface area contributed by atoms with E-state index in [9.17, 15) is 13.6 Å². The Kier molecular flexibility index (Phi) is 4.05. The standard InChI is InChI=1S/C14H10F2N2OS/c15-10-5-11(16)7-12(6-10)18-14(19)9-3-1-2-8(4-9)13(17)20/h1-7H,(H2,17,20)(H,18,19). The van der Waals surface area contributed by atoms with Crippen LogP contribution in [0.15, 0.2) is 42.5 Å². The van der Waals surface area contributed by atoms with Gasteiger partial charge in [0.1, 0.15) is 16.6 Å². The summed E-state index contributed by atoms with van der Waals surface area (Å²) in [7, 11) is 0. The lowest BCUT2D eigenvalue weighted by atomic mass is 10.1. The predicted molar refractivity (Wildman–Crippen MR) is 76.6 cm³/mol. The SMILES string of the molecule is NC(=S)c1cccc(C(=O)Nc2cc(F)cc(F)c2)c1. The Balaban J connectivity index is 2.23. The van der Waals surface area contributed by atoms with Gasteiger partial charge in [-0.15, -0.1) is 0 Å². The molecule has 0 saturated carbocycles. The van der Waals surface area contributed by atoms with Crippen LogP contribution < -0.4 is 11.1 Å². The minimum Gasteiger partial charge on any atom is -0.389 e. The van der Waals surface area contributed by atoms with Crippen molar-refractivity contribution in [1.29, 1.82) is 0 Å². The third-order valence-electron chi connectivity index (χ3n) is 2.53. The molecule has 0 aromatic heterocycles. The van der Waals surface area contributed by atoms with Crippen LogP contribution in [0.3, 0.4) is 0 Å². The van der Waals surface area contributed by atoms with Crippen molar-refractivity contribution < 1.29 is 13.6 Å². The number of benzene rings is 2. The van der Waals surface area contributed by atoms with Gasteiger partial charge in [0.15, 0.2) is 0 Å². The second kappa shape index (κ2) is 5.75. The fourth-order valence-electron chi connectivity index (χ4n) is 1.64. The molecular weight excluding hydrogens is 282 g/mol. The number of carbonyl (C=O) groups excluding carboxylic acids is 1. The Morgan fingerprint density at radius 2 is 1.65 bits per heavy atom. The van der Waals surface area contributed by atoms with Crippen LogP contribution in [0.2, 0.25) is 0 Å². The maximum Gasteiger partial charge on any atom is 0.255 e. The highest BCUT2D eigenvalue weighted by Crippen LogP contribution is 2.14. The zero-order valence-corrected chi connectivity index (χ0v) is 11.0. The van der Waals surface area contributed by atoms with Crippen LogP contribution >= 0.6 is 12.2 Å². The Labute approximate surface area is 119 Å². The zero-order chi connectivity index (χ0) is 14.7. The van der Waals surface area contributed by atoms with Crippen molar-refractivity contribution in [3.8, 4) is 0 Å². The molecule has 2 rings (SSSR count). The second-order valence-electron chi connectivity index (χ2n) is 4.06. The van der Waals surface area contributed by atoms with E-state index in [2.05, 4.69) is 5.32 Å². The highest BCUT2D eigenvalue weighted by atomic mass is 32.1. The van der Waals surface area contributed by atoms with E-state index < -0.39 is 17.5 Å². The van der Waals surface area contributed by atoms with E-state index in [-0.39, 0.29) is 10.7 Å². The zero-order valence-electron chi connectivity index (χ0n) is 10.2. The lowest BCUT2D eigenvalue weighted by Crippen LogP contribution is -2.15. The van der Waals surface area contributed by atoms with Gasteiger partial charge in [-0.25, -0.2) is 8.78 Å². The molecule has 0 bridgehead atoms. The maximum atomic E-state index is 13.0. The van der Waals surface area contributed by atoms with Crippen LogP contribution in [0.4, 0.5) is 14.5 Å². The van der Waals surface area contributed by atoms with E-state index in [4.69, 9.17) is 18.0 Å². The molecule has 0 aliphatic heterocycles. The number of hydrogen-bond donors (Lipinski definition) is 2. The monoisotopic (exact) mass is 292 g/mol. The van der Waals surface area contributed by atoms with Gasteiger partial charge in [0.05, 0.1) is 0 Å². The molecule has 0 heterocycles. The predicted octanol–water partition coefficient (Wildman–Crippen LogP) is 2.85. The number of nitrogens with two attached hydrogens (primary N) is 1. The van der Waals surface area contributed by atoms with Gasteiger partial charge in [0.2, 0.25) is 0 Å². The number of carbonyl (C=O) groups is 1. The highest BCUT2D eigenvalue weighted by molar-refractivity contribution is 7.80. The van der Waals surface area contributed by atoms with Crippen molar-refractivity contribution in [2.45, 2.75) is 0 Å². The number of halogens is 2. The number of rotatable bonds is 3. The third-order valence-corrected chi connectivity index (χ3v) is 2.77. The van der Waals surface area contributed by atoms with Crippen LogP contribution in [-0.4, -0.2) is 10.9 Å². The first-order valence-corrected chi connectivity index (χ1v) is 6.04. The van der Waals surface area contributed by atoms with Gasteiger partial charge >= 0.3 is 0 Å². The Morgan fingerprint density at radius 1 is 1.05 bits per heavy atom. The molecule has 2 aromatic carbocycles. The van der Waals surface area contributed by atoms with Crippen molar-refractivity contribution in [2.24, 2.45) is 5.73 Å². The molecule has 0 aliphatic rings. The van der Waals surface area contributed by atoms with Crippen molar-refractivity contribution in [1.82, 2.24) is 0 Å². The van der Waals surface area contributed by atoms with Crippen molar-refractivity contribution in [3.63, 3.8) is 0 Å². The van der Waals surface area contributed by atoms with Crippen LogP contribution in [0.5, 0.6) is 0 Å². The van der Waals surface area contributed by atoms with E-state index in [0.29, 0.717) is 11.1 Å². The van der Waals surface area contributed by atoms with E-state index in [1.54, 1.807) is 18.2 Å². The number of anilines is 1. The van der Waals surface area contributed by atoms with Crippen molar-refractivity contribution in [3.05, 3.63) is 65.2 Å². The lowest BCUT2D eigenvalue weighted by Gasteiger charge is -2.07. The summed E-state index contributed by atoms with van der Waals surface area (Å²) in [6.45, 7) is 0. The number of nitrogens with one attached hydrogen (secondary N) is 1. The number of amides is 1. The topological polar surface area (TPSA) is 55.1 Å². The molecule has 0 unspecified atom stereocenters. The van der Waals surface area contributed by atoms with E-state index in [0.717, 1.165) is 18.2 Å². The first-order valence-electron chi connectivity index (χ1n) is 5.63. The molecule has 0 radical (unpaired) electrons.